The van der Waals surface area contributed by atoms with Crippen molar-refractivity contribution in [3.8, 4) is 6.07 Å². The van der Waals surface area contributed by atoms with Gasteiger partial charge in [-0.05, 0) is 12.1 Å². The lowest BCUT2D eigenvalue weighted by atomic mass is 10.3. The van der Waals surface area contributed by atoms with Gasteiger partial charge in [-0.2, -0.15) is 5.26 Å². The van der Waals surface area contributed by atoms with E-state index in [2.05, 4.69) is 10.3 Å². The fourth-order valence-electron chi connectivity index (χ4n) is 0.714. The smallest absolute Gasteiger partial charge is 0.222 e. The van der Waals surface area contributed by atoms with Crippen molar-refractivity contribution in [3.05, 3.63) is 23.9 Å². The van der Waals surface area contributed by atoms with E-state index in [9.17, 15) is 4.79 Å². The summed E-state index contributed by atoms with van der Waals surface area (Å²) in [6.07, 6.45) is 1.41. The second-order valence-electron chi connectivity index (χ2n) is 2.23. The Morgan fingerprint density at radius 1 is 1.67 bits per heavy atom. The fraction of sp³-hybridized carbons (Fsp3) is 0.125. The van der Waals surface area contributed by atoms with E-state index in [0.717, 1.165) is 0 Å². The van der Waals surface area contributed by atoms with Gasteiger partial charge < -0.3 is 5.32 Å². The van der Waals surface area contributed by atoms with Crippen molar-refractivity contribution in [1.82, 2.24) is 4.98 Å². The van der Waals surface area contributed by atoms with Gasteiger partial charge in [-0.15, -0.1) is 0 Å². The average Bonchev–Trinajstić information content (AvgIpc) is 2.05. The Morgan fingerprint density at radius 3 is 2.83 bits per heavy atom. The molecular formula is C8H7N3O. The molecule has 12 heavy (non-hydrogen) atoms. The van der Waals surface area contributed by atoms with Gasteiger partial charge in [0.05, 0.1) is 5.56 Å². The summed E-state index contributed by atoms with van der Waals surface area (Å²) in [7, 11) is 0. The van der Waals surface area contributed by atoms with Gasteiger partial charge in [-0.25, -0.2) is 4.98 Å². The maximum Gasteiger partial charge on any atom is 0.222 e. The van der Waals surface area contributed by atoms with Crippen LogP contribution in [0.1, 0.15) is 12.5 Å². The number of aromatic nitrogens is 1. The zero-order valence-electron chi connectivity index (χ0n) is 6.53. The van der Waals surface area contributed by atoms with Crippen LogP contribution in [0.2, 0.25) is 0 Å². The van der Waals surface area contributed by atoms with E-state index in [-0.39, 0.29) is 5.91 Å². The summed E-state index contributed by atoms with van der Waals surface area (Å²) in [4.78, 5) is 14.4. The molecule has 1 amide bonds. The number of nitriles is 1. The second-order valence-corrected chi connectivity index (χ2v) is 2.23. The Hall–Kier alpha value is -1.89. The molecule has 0 fully saturated rings. The van der Waals surface area contributed by atoms with Crippen molar-refractivity contribution in [1.29, 1.82) is 5.26 Å². The van der Waals surface area contributed by atoms with Gasteiger partial charge in [0, 0.05) is 13.1 Å². The zero-order valence-corrected chi connectivity index (χ0v) is 6.53. The molecule has 0 aliphatic carbocycles. The molecule has 0 unspecified atom stereocenters. The Bertz CT molecular complexity index is 323. The largest absolute Gasteiger partial charge is 0.311 e. The second kappa shape index (κ2) is 3.49. The number of nitrogens with zero attached hydrogens (tertiary/aromatic N) is 2. The third kappa shape index (κ3) is 2.06. The Balaban J connectivity index is 2.80. The number of hydrogen-bond acceptors (Lipinski definition) is 3. The van der Waals surface area contributed by atoms with Crippen molar-refractivity contribution >= 4 is 11.7 Å². The first-order valence-corrected chi connectivity index (χ1v) is 3.36. The molecule has 0 atom stereocenters. The molecule has 1 aromatic rings. The number of carbonyl (C=O) groups excluding carboxylic acids is 1. The van der Waals surface area contributed by atoms with E-state index in [1.807, 2.05) is 6.07 Å². The number of amides is 1. The standard InChI is InChI=1S/C8H7N3O/c1-6(12)11-8-3-2-7(4-9)5-10-8/h2-3,5H,1H3,(H,10,11,12). The highest BCUT2D eigenvalue weighted by Gasteiger charge is 1.95. The summed E-state index contributed by atoms with van der Waals surface area (Å²) in [5.74, 6) is 0.286. The van der Waals surface area contributed by atoms with Crippen LogP contribution in [-0.2, 0) is 4.79 Å². The molecule has 1 aromatic heterocycles. The zero-order chi connectivity index (χ0) is 8.97. The van der Waals surface area contributed by atoms with E-state index in [4.69, 9.17) is 5.26 Å². The maximum atomic E-state index is 10.6. The predicted molar refractivity (Wildman–Crippen MR) is 43.3 cm³/mol. The molecule has 1 N–H and O–H groups in total. The molecule has 1 rings (SSSR count). The molecule has 60 valence electrons. The molecule has 0 aliphatic heterocycles. The van der Waals surface area contributed by atoms with E-state index >= 15 is 0 Å². The monoisotopic (exact) mass is 161 g/mol. The minimum absolute atomic E-state index is 0.174. The van der Waals surface area contributed by atoms with E-state index < -0.39 is 0 Å². The Kier molecular flexibility index (Phi) is 2.38. The van der Waals surface area contributed by atoms with Crippen LogP contribution >= 0.6 is 0 Å². The van der Waals surface area contributed by atoms with Gasteiger partial charge in [0.25, 0.3) is 0 Å². The number of hydrogen-bond donors (Lipinski definition) is 1. The van der Waals surface area contributed by atoms with E-state index in [0.29, 0.717) is 11.4 Å². The number of anilines is 1. The first-order chi connectivity index (χ1) is 5.72. The van der Waals surface area contributed by atoms with Crippen LogP contribution in [0.25, 0.3) is 0 Å². The lowest BCUT2D eigenvalue weighted by Gasteiger charge is -1.98. The Labute approximate surface area is 69.8 Å². The topological polar surface area (TPSA) is 65.8 Å². The third-order valence-electron chi connectivity index (χ3n) is 1.20. The van der Waals surface area contributed by atoms with Crippen LogP contribution in [0.15, 0.2) is 18.3 Å². The normalized spacial score (nSPS) is 8.67. The Morgan fingerprint density at radius 2 is 2.42 bits per heavy atom. The molecule has 0 saturated carbocycles. The molecular weight excluding hydrogens is 154 g/mol. The molecule has 0 bridgehead atoms. The molecule has 0 saturated heterocycles. The maximum absolute atomic E-state index is 10.6. The number of carbonyl (C=O) groups is 1. The SMILES string of the molecule is CC(=O)Nc1ccc(C#N)cn1. The van der Waals surface area contributed by atoms with E-state index in [1.54, 1.807) is 12.1 Å². The van der Waals surface area contributed by atoms with E-state index in [1.165, 1.54) is 13.1 Å². The van der Waals surface area contributed by atoms with Crippen molar-refractivity contribution in [2.45, 2.75) is 6.92 Å². The van der Waals surface area contributed by atoms with Crippen LogP contribution in [0.5, 0.6) is 0 Å². The van der Waals surface area contributed by atoms with Crippen molar-refractivity contribution < 1.29 is 4.79 Å². The lowest BCUT2D eigenvalue weighted by molar-refractivity contribution is -0.114. The van der Waals surface area contributed by atoms with Gasteiger partial charge in [0.1, 0.15) is 11.9 Å². The molecule has 0 aromatic carbocycles. The molecule has 1 heterocycles. The number of nitrogens with one attached hydrogen (secondary N) is 1. The quantitative estimate of drug-likeness (QED) is 0.665. The first-order valence-electron chi connectivity index (χ1n) is 3.36. The van der Waals surface area contributed by atoms with Crippen LogP contribution < -0.4 is 5.32 Å². The molecule has 0 spiro atoms. The van der Waals surface area contributed by atoms with Crippen molar-refractivity contribution in [2.75, 3.05) is 5.32 Å². The molecule has 0 aliphatic rings. The summed E-state index contributed by atoms with van der Waals surface area (Å²) in [5.41, 5.74) is 0.476. The molecule has 0 radical (unpaired) electrons. The summed E-state index contributed by atoms with van der Waals surface area (Å²) >= 11 is 0. The van der Waals surface area contributed by atoms with Gasteiger partial charge in [0.2, 0.25) is 5.91 Å². The highest BCUT2D eigenvalue weighted by molar-refractivity contribution is 5.87. The van der Waals surface area contributed by atoms with Gasteiger partial charge in [0.15, 0.2) is 0 Å². The highest BCUT2D eigenvalue weighted by atomic mass is 16.1. The average molecular weight is 161 g/mol. The summed E-state index contributed by atoms with van der Waals surface area (Å²) < 4.78 is 0. The summed E-state index contributed by atoms with van der Waals surface area (Å²) in [5, 5.41) is 10.9. The summed E-state index contributed by atoms with van der Waals surface area (Å²) in [6.45, 7) is 1.40. The van der Waals surface area contributed by atoms with Gasteiger partial charge in [-0.3, -0.25) is 4.79 Å². The van der Waals surface area contributed by atoms with Crippen LogP contribution in [0, 0.1) is 11.3 Å². The van der Waals surface area contributed by atoms with Gasteiger partial charge >= 0.3 is 0 Å². The van der Waals surface area contributed by atoms with Crippen LogP contribution in [0.4, 0.5) is 5.82 Å². The number of rotatable bonds is 1. The van der Waals surface area contributed by atoms with Crippen molar-refractivity contribution in [3.63, 3.8) is 0 Å². The minimum atomic E-state index is -0.174. The summed E-state index contributed by atoms with van der Waals surface area (Å²) in [6, 6.07) is 5.11. The predicted octanol–water partition coefficient (Wildman–Crippen LogP) is 0.912. The lowest BCUT2D eigenvalue weighted by Crippen LogP contribution is -2.06. The minimum Gasteiger partial charge on any atom is -0.311 e. The van der Waals surface area contributed by atoms with Crippen molar-refractivity contribution in [2.24, 2.45) is 0 Å². The molecule has 4 heteroatoms. The van der Waals surface area contributed by atoms with Crippen LogP contribution in [-0.4, -0.2) is 10.9 Å². The molecule has 4 nitrogen and oxygen atoms in total. The highest BCUT2D eigenvalue weighted by Crippen LogP contribution is 2.02. The first kappa shape index (κ1) is 8.21. The third-order valence-corrected chi connectivity index (χ3v) is 1.20. The van der Waals surface area contributed by atoms with Crippen LogP contribution in [0.3, 0.4) is 0 Å². The number of pyridine rings is 1. The van der Waals surface area contributed by atoms with Gasteiger partial charge in [-0.1, -0.05) is 0 Å². The fourth-order valence-corrected chi connectivity index (χ4v) is 0.714.